The summed E-state index contributed by atoms with van der Waals surface area (Å²) in [6.45, 7) is 2.83. The minimum Gasteiger partial charge on any atom is -0.478 e. The first kappa shape index (κ1) is 14.9. The lowest BCUT2D eigenvalue weighted by atomic mass is 10.1. The van der Waals surface area contributed by atoms with Crippen molar-refractivity contribution in [2.75, 3.05) is 6.61 Å². The predicted octanol–water partition coefficient (Wildman–Crippen LogP) is 1.64. The lowest BCUT2D eigenvalue weighted by molar-refractivity contribution is 0.0698. The number of hydrogen-bond acceptors (Lipinski definition) is 5. The number of H-pyrrole nitrogens is 1. The molecule has 1 aliphatic heterocycles. The highest BCUT2D eigenvalue weighted by atomic mass is 32.1. The van der Waals surface area contributed by atoms with Crippen LogP contribution in [0.5, 0.6) is 0 Å². The first-order chi connectivity index (χ1) is 10.5. The lowest BCUT2D eigenvalue weighted by Crippen LogP contribution is -2.23. The van der Waals surface area contributed by atoms with Crippen LogP contribution >= 0.6 is 12.2 Å². The first-order valence-corrected chi connectivity index (χ1v) is 7.37. The number of carboxylic acids is 1. The molecule has 0 aromatic carbocycles. The molecule has 1 fully saturated rings. The van der Waals surface area contributed by atoms with E-state index in [4.69, 9.17) is 17.0 Å². The van der Waals surface area contributed by atoms with Crippen LogP contribution in [0, 0.1) is 11.7 Å². The number of pyridine rings is 1. The van der Waals surface area contributed by atoms with Gasteiger partial charge in [0.25, 0.3) is 5.56 Å². The van der Waals surface area contributed by atoms with Gasteiger partial charge in [-0.25, -0.2) is 9.78 Å². The Bertz CT molecular complexity index is 865. The standard InChI is InChI=1S/C14H15N3O4S/c1-7-5-9(13(19)20)10-11(15-7)17(14(22)16-12(10)18)6-8-3-2-4-21-8/h5,8H,2-4,6H2,1H3,(H,19,20)(H,16,18,22)/t8-/m0/s1. The molecule has 0 saturated carbocycles. The van der Waals surface area contributed by atoms with Gasteiger partial charge in [-0.2, -0.15) is 0 Å². The van der Waals surface area contributed by atoms with Crippen LogP contribution in [0.15, 0.2) is 10.9 Å². The zero-order valence-electron chi connectivity index (χ0n) is 12.0. The van der Waals surface area contributed by atoms with Gasteiger partial charge in [0.2, 0.25) is 0 Å². The third-order valence-electron chi connectivity index (χ3n) is 3.72. The molecule has 7 nitrogen and oxygen atoms in total. The van der Waals surface area contributed by atoms with Crippen molar-refractivity contribution in [3.8, 4) is 0 Å². The van der Waals surface area contributed by atoms with E-state index in [9.17, 15) is 14.7 Å². The van der Waals surface area contributed by atoms with Crippen LogP contribution in [0.4, 0.5) is 0 Å². The largest absolute Gasteiger partial charge is 0.478 e. The van der Waals surface area contributed by atoms with Gasteiger partial charge in [-0.05, 0) is 38.0 Å². The fraction of sp³-hybridized carbons (Fsp3) is 0.429. The molecule has 116 valence electrons. The van der Waals surface area contributed by atoms with E-state index in [0.29, 0.717) is 24.5 Å². The van der Waals surface area contributed by atoms with Gasteiger partial charge in [-0.15, -0.1) is 0 Å². The first-order valence-electron chi connectivity index (χ1n) is 6.96. The van der Waals surface area contributed by atoms with E-state index in [-0.39, 0.29) is 21.8 Å². The minimum absolute atomic E-state index is 0.00334. The molecule has 2 aromatic rings. The van der Waals surface area contributed by atoms with Crippen molar-refractivity contribution in [2.24, 2.45) is 0 Å². The number of ether oxygens (including phenoxy) is 1. The van der Waals surface area contributed by atoms with E-state index in [1.54, 1.807) is 11.5 Å². The summed E-state index contributed by atoms with van der Waals surface area (Å²) in [5.41, 5.74) is 0.209. The van der Waals surface area contributed by atoms with E-state index in [1.807, 2.05) is 0 Å². The monoisotopic (exact) mass is 321 g/mol. The molecule has 0 spiro atoms. The Kier molecular flexibility index (Phi) is 3.79. The molecule has 0 amide bonds. The summed E-state index contributed by atoms with van der Waals surface area (Å²) >= 11 is 5.22. The van der Waals surface area contributed by atoms with Crippen LogP contribution in [-0.4, -0.2) is 38.3 Å². The van der Waals surface area contributed by atoms with E-state index in [2.05, 4.69) is 9.97 Å². The van der Waals surface area contributed by atoms with Crippen molar-refractivity contribution < 1.29 is 14.6 Å². The van der Waals surface area contributed by atoms with Crippen molar-refractivity contribution in [2.45, 2.75) is 32.4 Å². The zero-order chi connectivity index (χ0) is 15.9. The quantitative estimate of drug-likeness (QED) is 0.834. The Labute approximate surface area is 130 Å². The smallest absolute Gasteiger partial charge is 0.336 e. The van der Waals surface area contributed by atoms with Crippen LogP contribution < -0.4 is 5.56 Å². The Morgan fingerprint density at radius 1 is 1.64 bits per heavy atom. The van der Waals surface area contributed by atoms with Crippen molar-refractivity contribution in [1.29, 1.82) is 0 Å². The fourth-order valence-electron chi connectivity index (χ4n) is 2.73. The van der Waals surface area contributed by atoms with E-state index in [0.717, 1.165) is 12.8 Å². The van der Waals surface area contributed by atoms with Gasteiger partial charge in [0.15, 0.2) is 4.77 Å². The molecule has 1 aliphatic rings. The predicted molar refractivity (Wildman–Crippen MR) is 81.9 cm³/mol. The number of nitrogens with zero attached hydrogens (tertiary/aromatic N) is 2. The molecule has 3 rings (SSSR count). The Morgan fingerprint density at radius 3 is 3.05 bits per heavy atom. The third-order valence-corrected chi connectivity index (χ3v) is 4.04. The maximum atomic E-state index is 12.2. The van der Waals surface area contributed by atoms with Gasteiger partial charge in [0.1, 0.15) is 5.65 Å². The summed E-state index contributed by atoms with van der Waals surface area (Å²) in [5.74, 6) is -1.17. The molecule has 22 heavy (non-hydrogen) atoms. The SMILES string of the molecule is Cc1cc(C(=O)O)c2c(=O)[nH]c(=S)n(C[C@@H]3CCCO3)c2n1. The van der Waals surface area contributed by atoms with Crippen molar-refractivity contribution >= 4 is 29.2 Å². The number of carboxylic acid groups (broad SMARTS) is 1. The lowest BCUT2D eigenvalue weighted by Gasteiger charge is -2.15. The van der Waals surface area contributed by atoms with Gasteiger partial charge < -0.3 is 9.84 Å². The highest BCUT2D eigenvalue weighted by Crippen LogP contribution is 2.19. The molecular weight excluding hydrogens is 306 g/mol. The number of aromatic nitrogens is 3. The fourth-order valence-corrected chi connectivity index (χ4v) is 2.98. The van der Waals surface area contributed by atoms with Gasteiger partial charge in [0, 0.05) is 12.3 Å². The maximum absolute atomic E-state index is 12.2. The molecule has 1 atom stereocenters. The van der Waals surface area contributed by atoms with Gasteiger partial charge in [0.05, 0.1) is 23.6 Å². The maximum Gasteiger partial charge on any atom is 0.336 e. The van der Waals surface area contributed by atoms with Crippen molar-refractivity contribution in [3.63, 3.8) is 0 Å². The Balaban J connectivity index is 2.29. The number of nitrogens with one attached hydrogen (secondary N) is 1. The zero-order valence-corrected chi connectivity index (χ0v) is 12.8. The number of aromatic carboxylic acids is 1. The molecule has 0 unspecified atom stereocenters. The highest BCUT2D eigenvalue weighted by Gasteiger charge is 2.21. The number of rotatable bonds is 3. The summed E-state index contributed by atoms with van der Waals surface area (Å²) < 4.78 is 7.47. The molecule has 3 heterocycles. The van der Waals surface area contributed by atoms with Crippen molar-refractivity contribution in [1.82, 2.24) is 14.5 Å². The molecule has 8 heteroatoms. The van der Waals surface area contributed by atoms with E-state index < -0.39 is 11.5 Å². The van der Waals surface area contributed by atoms with Crippen LogP contribution in [0.2, 0.25) is 0 Å². The van der Waals surface area contributed by atoms with Crippen LogP contribution in [0.1, 0.15) is 28.9 Å². The molecule has 2 N–H and O–H groups in total. The summed E-state index contributed by atoms with van der Waals surface area (Å²) in [7, 11) is 0. The summed E-state index contributed by atoms with van der Waals surface area (Å²) in [4.78, 5) is 30.4. The Morgan fingerprint density at radius 2 is 2.41 bits per heavy atom. The third kappa shape index (κ3) is 2.55. The summed E-state index contributed by atoms with van der Waals surface area (Å²) in [6.07, 6.45) is 1.88. The second-order valence-corrected chi connectivity index (χ2v) is 5.71. The average Bonchev–Trinajstić information content (AvgIpc) is 2.95. The normalized spacial score (nSPS) is 18.0. The van der Waals surface area contributed by atoms with Crippen LogP contribution in [-0.2, 0) is 11.3 Å². The average molecular weight is 321 g/mol. The summed E-state index contributed by atoms with van der Waals surface area (Å²) in [5, 5.41) is 9.38. The Hall–Kier alpha value is -2.06. The topological polar surface area (TPSA) is 97.2 Å². The highest BCUT2D eigenvalue weighted by molar-refractivity contribution is 7.71. The van der Waals surface area contributed by atoms with E-state index >= 15 is 0 Å². The van der Waals surface area contributed by atoms with Gasteiger partial charge >= 0.3 is 5.97 Å². The molecule has 2 aromatic heterocycles. The minimum atomic E-state index is -1.17. The molecular formula is C14H15N3O4S. The summed E-state index contributed by atoms with van der Waals surface area (Å²) in [6, 6.07) is 1.39. The van der Waals surface area contributed by atoms with Gasteiger partial charge in [-0.1, -0.05) is 0 Å². The molecule has 0 radical (unpaired) electrons. The van der Waals surface area contributed by atoms with Crippen LogP contribution in [0.3, 0.4) is 0 Å². The second kappa shape index (κ2) is 5.62. The van der Waals surface area contributed by atoms with Crippen molar-refractivity contribution in [3.05, 3.63) is 32.4 Å². The second-order valence-electron chi connectivity index (χ2n) is 5.32. The number of aromatic amines is 1. The number of hydrogen-bond donors (Lipinski definition) is 2. The number of aryl methyl sites for hydroxylation is 1. The van der Waals surface area contributed by atoms with Crippen LogP contribution in [0.25, 0.3) is 11.0 Å². The van der Waals surface area contributed by atoms with E-state index in [1.165, 1.54) is 6.07 Å². The molecule has 1 saturated heterocycles. The van der Waals surface area contributed by atoms with Gasteiger partial charge in [-0.3, -0.25) is 14.3 Å². The number of carbonyl (C=O) groups is 1. The molecule has 0 aliphatic carbocycles. The number of fused-ring (bicyclic) bond motifs is 1. The molecule has 0 bridgehead atoms.